The van der Waals surface area contributed by atoms with Crippen molar-refractivity contribution in [3.63, 3.8) is 0 Å². The van der Waals surface area contributed by atoms with Crippen LogP contribution in [0.3, 0.4) is 0 Å². The molecule has 0 bridgehead atoms. The number of benzene rings is 1. The molecule has 3 rings (SSSR count). The molecule has 0 fully saturated rings. The van der Waals surface area contributed by atoms with Gasteiger partial charge in [-0.1, -0.05) is 18.2 Å². The molecular weight excluding hydrogens is 258 g/mol. The van der Waals surface area contributed by atoms with E-state index in [1.165, 1.54) is 17.4 Å². The van der Waals surface area contributed by atoms with Gasteiger partial charge >= 0.3 is 5.97 Å². The fourth-order valence-electron chi connectivity index (χ4n) is 2.50. The molecule has 1 atom stereocenters. The van der Waals surface area contributed by atoms with Crippen LogP contribution in [0, 0.1) is 5.92 Å². The Balaban J connectivity index is 2.01. The lowest BCUT2D eigenvalue weighted by atomic mass is 9.92. The molecule has 102 valence electrons. The van der Waals surface area contributed by atoms with Crippen LogP contribution in [0.15, 0.2) is 47.3 Å². The molecule has 0 saturated carbocycles. The Hall–Kier alpha value is -2.56. The van der Waals surface area contributed by atoms with Crippen LogP contribution in [-0.4, -0.2) is 23.5 Å². The van der Waals surface area contributed by atoms with Gasteiger partial charge in [0, 0.05) is 12.2 Å². The molecule has 0 radical (unpaired) electrons. The molecule has 1 aromatic carbocycles. The number of carbonyl (C=O) groups excluding carboxylic acids is 1. The number of hydrogen-bond donors (Lipinski definition) is 1. The van der Waals surface area contributed by atoms with Crippen molar-refractivity contribution in [1.82, 2.24) is 0 Å². The Labute approximate surface area is 115 Å². The van der Waals surface area contributed by atoms with E-state index in [1.54, 1.807) is 6.07 Å². The van der Waals surface area contributed by atoms with E-state index in [9.17, 15) is 14.7 Å². The molecule has 20 heavy (non-hydrogen) atoms. The minimum Gasteiger partial charge on any atom is -0.481 e. The number of carboxylic acid groups (broad SMARTS) is 1. The Kier molecular flexibility index (Phi) is 3.02. The molecule has 1 amide bonds. The zero-order valence-electron chi connectivity index (χ0n) is 10.7. The number of amides is 1. The highest BCUT2D eigenvalue weighted by atomic mass is 16.4. The summed E-state index contributed by atoms with van der Waals surface area (Å²) in [5, 5.41) is 9.24. The average molecular weight is 271 g/mol. The van der Waals surface area contributed by atoms with Crippen molar-refractivity contribution in [2.45, 2.75) is 6.42 Å². The zero-order valence-corrected chi connectivity index (χ0v) is 10.7. The van der Waals surface area contributed by atoms with E-state index >= 15 is 0 Å². The zero-order chi connectivity index (χ0) is 14.1. The number of para-hydroxylation sites is 1. The van der Waals surface area contributed by atoms with Crippen LogP contribution in [0.2, 0.25) is 0 Å². The lowest BCUT2D eigenvalue weighted by Crippen LogP contribution is -2.42. The van der Waals surface area contributed by atoms with Gasteiger partial charge in [0.2, 0.25) is 0 Å². The third-order valence-corrected chi connectivity index (χ3v) is 3.51. The number of carbonyl (C=O) groups is 2. The Morgan fingerprint density at radius 2 is 2.05 bits per heavy atom. The van der Waals surface area contributed by atoms with Crippen LogP contribution >= 0.6 is 0 Å². The van der Waals surface area contributed by atoms with Crippen molar-refractivity contribution in [3.05, 3.63) is 54.0 Å². The molecular formula is C15H13NO4. The number of hydrogen-bond acceptors (Lipinski definition) is 3. The predicted molar refractivity (Wildman–Crippen MR) is 71.7 cm³/mol. The topological polar surface area (TPSA) is 70.8 Å². The van der Waals surface area contributed by atoms with Crippen LogP contribution in [0.5, 0.6) is 0 Å². The van der Waals surface area contributed by atoms with Crippen LogP contribution in [0.1, 0.15) is 15.9 Å². The highest BCUT2D eigenvalue weighted by Gasteiger charge is 2.32. The van der Waals surface area contributed by atoms with E-state index in [2.05, 4.69) is 0 Å². The number of anilines is 1. The first kappa shape index (κ1) is 12.5. The van der Waals surface area contributed by atoms with Gasteiger partial charge in [0.05, 0.1) is 17.7 Å². The van der Waals surface area contributed by atoms with Crippen molar-refractivity contribution < 1.29 is 19.1 Å². The summed E-state index contributed by atoms with van der Waals surface area (Å²) < 4.78 is 4.92. The van der Waals surface area contributed by atoms with Gasteiger partial charge in [0.1, 0.15) is 6.26 Å². The standard InChI is InChI=1S/C15H13NO4/c17-14(11-5-6-20-9-11)16-8-12(15(18)19)7-10-3-1-2-4-13(10)16/h1-6,9,12H,7-8H2,(H,18,19). The van der Waals surface area contributed by atoms with Crippen LogP contribution in [0.4, 0.5) is 5.69 Å². The molecule has 1 aliphatic rings. The third kappa shape index (κ3) is 2.07. The second-order valence-corrected chi connectivity index (χ2v) is 4.80. The third-order valence-electron chi connectivity index (χ3n) is 3.51. The maximum absolute atomic E-state index is 12.5. The SMILES string of the molecule is O=C(O)C1Cc2ccccc2N(C(=O)c2ccoc2)C1. The van der Waals surface area contributed by atoms with Gasteiger partial charge in [0.25, 0.3) is 5.91 Å². The van der Waals surface area contributed by atoms with E-state index < -0.39 is 11.9 Å². The van der Waals surface area contributed by atoms with Gasteiger partial charge in [-0.25, -0.2) is 0 Å². The van der Waals surface area contributed by atoms with Crippen LogP contribution < -0.4 is 4.90 Å². The summed E-state index contributed by atoms with van der Waals surface area (Å²) in [7, 11) is 0. The Morgan fingerprint density at radius 3 is 2.75 bits per heavy atom. The average Bonchev–Trinajstić information content (AvgIpc) is 2.99. The summed E-state index contributed by atoms with van der Waals surface area (Å²) in [6, 6.07) is 8.97. The molecule has 2 aromatic rings. The molecule has 0 spiro atoms. The number of nitrogens with zero attached hydrogens (tertiary/aromatic N) is 1. The largest absolute Gasteiger partial charge is 0.481 e. The van der Waals surface area contributed by atoms with Gasteiger partial charge in [0.15, 0.2) is 0 Å². The van der Waals surface area contributed by atoms with Crippen molar-refractivity contribution in [2.24, 2.45) is 5.92 Å². The van der Waals surface area contributed by atoms with E-state index in [-0.39, 0.29) is 12.5 Å². The monoisotopic (exact) mass is 271 g/mol. The van der Waals surface area contributed by atoms with E-state index in [4.69, 9.17) is 4.42 Å². The summed E-state index contributed by atoms with van der Waals surface area (Å²) in [6.45, 7) is 0.177. The summed E-state index contributed by atoms with van der Waals surface area (Å²) in [5.41, 5.74) is 2.07. The summed E-state index contributed by atoms with van der Waals surface area (Å²) in [6.07, 6.45) is 3.24. The molecule has 5 heteroatoms. The van der Waals surface area contributed by atoms with Gasteiger partial charge in [-0.05, 0) is 24.1 Å². The first-order valence-corrected chi connectivity index (χ1v) is 6.31. The highest BCUT2D eigenvalue weighted by molar-refractivity contribution is 6.07. The van der Waals surface area contributed by atoms with Crippen molar-refractivity contribution in [3.8, 4) is 0 Å². The van der Waals surface area contributed by atoms with Gasteiger partial charge in [-0.3, -0.25) is 9.59 Å². The van der Waals surface area contributed by atoms with Crippen LogP contribution in [-0.2, 0) is 11.2 Å². The number of furan rings is 1. The van der Waals surface area contributed by atoms with E-state index in [0.29, 0.717) is 12.0 Å². The molecule has 5 nitrogen and oxygen atoms in total. The second kappa shape index (κ2) is 4.85. The molecule has 1 unspecified atom stereocenters. The van der Waals surface area contributed by atoms with E-state index in [0.717, 1.165) is 11.3 Å². The van der Waals surface area contributed by atoms with E-state index in [1.807, 2.05) is 24.3 Å². The molecule has 1 aromatic heterocycles. The minimum absolute atomic E-state index is 0.177. The quantitative estimate of drug-likeness (QED) is 0.908. The molecule has 0 aliphatic carbocycles. The van der Waals surface area contributed by atoms with Crippen molar-refractivity contribution in [1.29, 1.82) is 0 Å². The minimum atomic E-state index is -0.885. The maximum Gasteiger partial charge on any atom is 0.308 e. The lowest BCUT2D eigenvalue weighted by molar-refractivity contribution is -0.141. The van der Waals surface area contributed by atoms with Crippen molar-refractivity contribution in [2.75, 3.05) is 11.4 Å². The Bertz CT molecular complexity index is 648. The summed E-state index contributed by atoms with van der Waals surface area (Å²) >= 11 is 0. The fraction of sp³-hybridized carbons (Fsp3) is 0.200. The highest BCUT2D eigenvalue weighted by Crippen LogP contribution is 2.30. The van der Waals surface area contributed by atoms with Crippen molar-refractivity contribution >= 4 is 17.6 Å². The summed E-state index contributed by atoms with van der Waals surface area (Å²) in [5.74, 6) is -1.71. The fourth-order valence-corrected chi connectivity index (χ4v) is 2.50. The normalized spacial score (nSPS) is 17.6. The predicted octanol–water partition coefficient (Wildman–Crippen LogP) is 2.18. The van der Waals surface area contributed by atoms with Gasteiger partial charge in [-0.2, -0.15) is 0 Å². The van der Waals surface area contributed by atoms with Crippen LogP contribution in [0.25, 0.3) is 0 Å². The van der Waals surface area contributed by atoms with Gasteiger partial charge in [-0.15, -0.1) is 0 Å². The molecule has 0 saturated heterocycles. The Morgan fingerprint density at radius 1 is 1.25 bits per heavy atom. The number of rotatable bonds is 2. The smallest absolute Gasteiger partial charge is 0.308 e. The maximum atomic E-state index is 12.5. The molecule has 1 aliphatic heterocycles. The first-order chi connectivity index (χ1) is 9.66. The van der Waals surface area contributed by atoms with Gasteiger partial charge < -0.3 is 14.4 Å². The number of fused-ring (bicyclic) bond motifs is 1. The first-order valence-electron chi connectivity index (χ1n) is 6.31. The number of aliphatic carboxylic acids is 1. The lowest BCUT2D eigenvalue weighted by Gasteiger charge is -2.32. The molecule has 1 N–H and O–H groups in total. The molecule has 2 heterocycles. The summed E-state index contributed by atoms with van der Waals surface area (Å²) in [4.78, 5) is 25.2. The number of carboxylic acids is 1. The second-order valence-electron chi connectivity index (χ2n) is 4.80.